The lowest BCUT2D eigenvalue weighted by Crippen LogP contribution is -2.44. The number of halogens is 2. The number of aromatic hydroxyl groups is 2. The average molecular weight is 670 g/mol. The average Bonchev–Trinajstić information content (AvgIpc) is 3.10. The summed E-state index contributed by atoms with van der Waals surface area (Å²) in [6.45, 7) is 3.70. The second kappa shape index (κ2) is 13.9. The fraction of sp³-hybridized carbons (Fsp3) is 0.324. The van der Waals surface area contributed by atoms with Gasteiger partial charge >= 0.3 is 5.69 Å². The Morgan fingerprint density at radius 3 is 2.47 bits per heavy atom. The van der Waals surface area contributed by atoms with Crippen LogP contribution in [0.25, 0.3) is 27.8 Å². The van der Waals surface area contributed by atoms with Gasteiger partial charge in [0, 0.05) is 43.8 Å². The summed E-state index contributed by atoms with van der Waals surface area (Å²) in [4.78, 5) is 34.6. The topological polar surface area (TPSA) is 122 Å². The highest BCUT2D eigenvalue weighted by Crippen LogP contribution is 2.31. The van der Waals surface area contributed by atoms with Crippen LogP contribution in [0.3, 0.4) is 0 Å². The van der Waals surface area contributed by atoms with Crippen molar-refractivity contribution in [1.82, 2.24) is 24.3 Å². The van der Waals surface area contributed by atoms with Gasteiger partial charge in [0.2, 0.25) is 0 Å². The number of rotatable bonds is 8. The normalized spacial score (nSPS) is 18.6. The summed E-state index contributed by atoms with van der Waals surface area (Å²) < 4.78 is 36.4. The summed E-state index contributed by atoms with van der Waals surface area (Å²) in [7, 11) is 0. The van der Waals surface area contributed by atoms with E-state index < -0.39 is 28.9 Å². The maximum Gasteiger partial charge on any atom is 0.337 e. The SMILES string of the molecule is O=c1c2cc(F)cnc2n(-c2cccc(-c3ccc(O)cc3CN3CCOCC3)c2)c(=O)n1C1CCC(NCc2cccc(F)c2O)CC1. The molecule has 0 radical (unpaired) electrons. The molecule has 3 heterocycles. The zero-order valence-electron chi connectivity index (χ0n) is 26.8. The Hall–Kier alpha value is -4.91. The number of morpholine rings is 1. The molecule has 0 spiro atoms. The molecule has 3 aromatic carbocycles. The number of ether oxygens (including phenoxy) is 1. The van der Waals surface area contributed by atoms with Crippen LogP contribution in [0.15, 0.2) is 82.5 Å². The second-order valence-electron chi connectivity index (χ2n) is 12.7. The van der Waals surface area contributed by atoms with Gasteiger partial charge in [-0.15, -0.1) is 0 Å². The van der Waals surface area contributed by atoms with Gasteiger partial charge in [-0.1, -0.05) is 30.3 Å². The van der Waals surface area contributed by atoms with Gasteiger partial charge in [0.25, 0.3) is 5.56 Å². The lowest BCUT2D eigenvalue weighted by Gasteiger charge is -2.30. The zero-order valence-corrected chi connectivity index (χ0v) is 26.8. The van der Waals surface area contributed by atoms with Gasteiger partial charge < -0.3 is 20.3 Å². The van der Waals surface area contributed by atoms with Gasteiger partial charge in [0.05, 0.1) is 30.5 Å². The summed E-state index contributed by atoms with van der Waals surface area (Å²) in [5.74, 6) is -1.58. The fourth-order valence-electron chi connectivity index (χ4n) is 7.04. The van der Waals surface area contributed by atoms with Crippen LogP contribution < -0.4 is 16.6 Å². The van der Waals surface area contributed by atoms with E-state index in [1.165, 1.54) is 15.2 Å². The van der Waals surface area contributed by atoms with Crippen molar-refractivity contribution >= 4 is 11.0 Å². The minimum Gasteiger partial charge on any atom is -0.508 e. The van der Waals surface area contributed by atoms with Crippen LogP contribution in [0.5, 0.6) is 11.5 Å². The number of hydrogen-bond donors (Lipinski definition) is 3. The van der Waals surface area contributed by atoms with Crippen molar-refractivity contribution in [3.8, 4) is 28.3 Å². The molecule has 3 N–H and O–H groups in total. The maximum atomic E-state index is 14.5. The molecule has 1 saturated heterocycles. The van der Waals surface area contributed by atoms with E-state index in [1.54, 1.807) is 30.3 Å². The maximum absolute atomic E-state index is 14.5. The predicted molar refractivity (Wildman–Crippen MR) is 181 cm³/mol. The molecular formula is C37H37F2N5O5. The van der Waals surface area contributed by atoms with Crippen LogP contribution in [0.1, 0.15) is 42.9 Å². The van der Waals surface area contributed by atoms with E-state index in [2.05, 4.69) is 15.2 Å². The number of nitrogens with one attached hydrogen (secondary N) is 1. The Morgan fingerprint density at radius 1 is 0.898 bits per heavy atom. The first kappa shape index (κ1) is 32.6. The summed E-state index contributed by atoms with van der Waals surface area (Å²) in [6, 6.07) is 17.7. The third-order valence-electron chi connectivity index (χ3n) is 9.61. The van der Waals surface area contributed by atoms with E-state index in [1.807, 2.05) is 24.3 Å². The molecule has 10 nitrogen and oxygen atoms in total. The minimum absolute atomic E-state index is 0.00414. The number of hydrogen-bond acceptors (Lipinski definition) is 8. The van der Waals surface area contributed by atoms with Crippen molar-refractivity contribution in [2.45, 2.75) is 50.9 Å². The number of para-hydroxylation sites is 1. The molecule has 7 rings (SSSR count). The monoisotopic (exact) mass is 669 g/mol. The van der Waals surface area contributed by atoms with Gasteiger partial charge in [0.15, 0.2) is 17.2 Å². The number of phenolic OH excluding ortho intramolecular Hbond substituents is 2. The number of pyridine rings is 1. The van der Waals surface area contributed by atoms with Gasteiger partial charge in [-0.2, -0.15) is 0 Å². The molecule has 0 unspecified atom stereocenters. The summed E-state index contributed by atoms with van der Waals surface area (Å²) in [6.07, 6.45) is 3.28. The molecule has 12 heteroatoms. The lowest BCUT2D eigenvalue weighted by atomic mass is 9.90. The molecule has 1 saturated carbocycles. The van der Waals surface area contributed by atoms with E-state index in [0.29, 0.717) is 56.7 Å². The van der Waals surface area contributed by atoms with Crippen molar-refractivity contribution in [2.24, 2.45) is 0 Å². The standard InChI is InChI=1S/C37H37F2N5O5/c38-26-19-32-35(41-21-26)43(29-5-1-3-23(17-29)31-12-11-30(45)18-25(31)22-42-13-15-49-16-14-42)37(48)44(36(32)47)28-9-7-27(8-10-28)40-20-24-4-2-6-33(39)34(24)46/h1-6,11-12,17-19,21,27-28,40,45-46H,7-10,13-16,20,22H2. The Balaban J connectivity index is 1.22. The van der Waals surface area contributed by atoms with Gasteiger partial charge in [-0.25, -0.2) is 23.1 Å². The summed E-state index contributed by atoms with van der Waals surface area (Å²) in [5.41, 5.74) is 2.43. The molecular weight excluding hydrogens is 632 g/mol. The first-order valence-electron chi connectivity index (χ1n) is 16.5. The number of benzene rings is 3. The highest BCUT2D eigenvalue weighted by atomic mass is 19.1. The Labute approximate surface area is 280 Å². The van der Waals surface area contributed by atoms with Crippen LogP contribution in [0, 0.1) is 11.6 Å². The molecule has 0 amide bonds. The highest BCUT2D eigenvalue weighted by Gasteiger charge is 2.27. The van der Waals surface area contributed by atoms with E-state index >= 15 is 0 Å². The summed E-state index contributed by atoms with van der Waals surface area (Å²) in [5, 5.41) is 23.7. The lowest BCUT2D eigenvalue weighted by molar-refractivity contribution is 0.0342. The van der Waals surface area contributed by atoms with Crippen LogP contribution in [0.4, 0.5) is 8.78 Å². The van der Waals surface area contributed by atoms with E-state index in [9.17, 15) is 28.6 Å². The summed E-state index contributed by atoms with van der Waals surface area (Å²) >= 11 is 0. The zero-order chi connectivity index (χ0) is 34.1. The number of phenols is 2. The molecule has 2 aliphatic rings. The van der Waals surface area contributed by atoms with Gasteiger partial charge in [-0.3, -0.25) is 14.3 Å². The largest absolute Gasteiger partial charge is 0.508 e. The van der Waals surface area contributed by atoms with Crippen LogP contribution in [-0.2, 0) is 17.8 Å². The van der Waals surface area contributed by atoms with Gasteiger partial charge in [0.1, 0.15) is 11.6 Å². The number of fused-ring (bicyclic) bond motifs is 1. The number of aromatic nitrogens is 3. The third-order valence-corrected chi connectivity index (χ3v) is 9.61. The Morgan fingerprint density at radius 2 is 1.67 bits per heavy atom. The third kappa shape index (κ3) is 6.71. The predicted octanol–water partition coefficient (Wildman–Crippen LogP) is 5.01. The number of nitrogens with zero attached hydrogens (tertiary/aromatic N) is 4. The highest BCUT2D eigenvalue weighted by molar-refractivity contribution is 5.77. The van der Waals surface area contributed by atoms with Crippen molar-refractivity contribution in [3.05, 3.63) is 117 Å². The minimum atomic E-state index is -0.680. The van der Waals surface area contributed by atoms with Crippen LogP contribution in [-0.4, -0.2) is 61.6 Å². The van der Waals surface area contributed by atoms with E-state index in [4.69, 9.17) is 4.74 Å². The van der Waals surface area contributed by atoms with Crippen molar-refractivity contribution in [3.63, 3.8) is 0 Å². The van der Waals surface area contributed by atoms with Crippen molar-refractivity contribution in [2.75, 3.05) is 26.3 Å². The molecule has 0 atom stereocenters. The Bertz CT molecular complexity index is 2120. The van der Waals surface area contributed by atoms with Crippen LogP contribution in [0.2, 0.25) is 0 Å². The molecule has 5 aromatic rings. The van der Waals surface area contributed by atoms with E-state index in [-0.39, 0.29) is 35.1 Å². The quantitative estimate of drug-likeness (QED) is 0.211. The van der Waals surface area contributed by atoms with E-state index in [0.717, 1.165) is 42.0 Å². The van der Waals surface area contributed by atoms with Crippen LogP contribution >= 0.6 is 0 Å². The molecule has 1 aliphatic heterocycles. The first-order valence-corrected chi connectivity index (χ1v) is 16.5. The fourth-order valence-corrected chi connectivity index (χ4v) is 7.04. The molecule has 254 valence electrons. The first-order chi connectivity index (χ1) is 23.8. The molecule has 0 bridgehead atoms. The molecule has 49 heavy (non-hydrogen) atoms. The smallest absolute Gasteiger partial charge is 0.337 e. The van der Waals surface area contributed by atoms with Gasteiger partial charge in [-0.05, 0) is 78.8 Å². The second-order valence-corrected chi connectivity index (χ2v) is 12.7. The molecule has 2 fully saturated rings. The van der Waals surface area contributed by atoms with Crippen molar-refractivity contribution in [1.29, 1.82) is 0 Å². The van der Waals surface area contributed by atoms with Crippen molar-refractivity contribution < 1.29 is 23.7 Å². The molecule has 2 aromatic heterocycles. The Kier molecular flexibility index (Phi) is 9.26. The molecule has 1 aliphatic carbocycles.